The van der Waals surface area contributed by atoms with Crippen LogP contribution >= 0.6 is 11.6 Å². The molecular formula is C9H8ClNO2. The monoisotopic (exact) mass is 197 g/mol. The maximum atomic E-state index is 8.78. The van der Waals surface area contributed by atoms with Crippen LogP contribution in [0, 0.1) is 0 Å². The lowest BCUT2D eigenvalue weighted by Crippen LogP contribution is -1.80. The molecule has 2 aromatic rings. The smallest absolute Gasteiger partial charge is 0.221 e. The fourth-order valence-corrected chi connectivity index (χ4v) is 1.34. The fraction of sp³-hybridized carbons (Fsp3) is 0.222. The Kier molecular flexibility index (Phi) is 2.20. The van der Waals surface area contributed by atoms with E-state index < -0.39 is 0 Å². The maximum Gasteiger partial charge on any atom is 0.221 e. The minimum absolute atomic E-state index is 0.176. The van der Waals surface area contributed by atoms with Crippen molar-refractivity contribution in [2.24, 2.45) is 0 Å². The molecular weight excluding hydrogens is 190 g/mol. The second kappa shape index (κ2) is 3.36. The van der Waals surface area contributed by atoms with Crippen LogP contribution < -0.4 is 0 Å². The van der Waals surface area contributed by atoms with Crippen molar-refractivity contribution in [2.45, 2.75) is 12.5 Å². The molecule has 1 aromatic heterocycles. The van der Waals surface area contributed by atoms with Gasteiger partial charge < -0.3 is 9.52 Å². The molecule has 3 nitrogen and oxygen atoms in total. The second-order valence-electron chi connectivity index (χ2n) is 2.70. The summed E-state index contributed by atoms with van der Waals surface area (Å²) in [6.45, 7) is -0.176. The molecule has 0 aliphatic carbocycles. The van der Waals surface area contributed by atoms with Crippen LogP contribution in [0.4, 0.5) is 0 Å². The van der Waals surface area contributed by atoms with Gasteiger partial charge in [0.15, 0.2) is 5.58 Å². The van der Waals surface area contributed by atoms with E-state index in [4.69, 9.17) is 21.1 Å². The zero-order valence-corrected chi connectivity index (χ0v) is 7.58. The van der Waals surface area contributed by atoms with Gasteiger partial charge in [0.05, 0.1) is 0 Å². The third kappa shape index (κ3) is 1.53. The molecule has 0 fully saturated rings. The van der Waals surface area contributed by atoms with Crippen molar-refractivity contribution >= 4 is 22.7 Å². The summed E-state index contributed by atoms with van der Waals surface area (Å²) in [5.74, 6) is 0.791. The van der Waals surface area contributed by atoms with E-state index >= 15 is 0 Å². The molecule has 0 spiro atoms. The highest BCUT2D eigenvalue weighted by atomic mass is 35.5. The quantitative estimate of drug-likeness (QED) is 0.750. The summed E-state index contributed by atoms with van der Waals surface area (Å²) in [6, 6.07) is 5.53. The molecule has 2 rings (SSSR count). The maximum absolute atomic E-state index is 8.78. The first-order valence-electron chi connectivity index (χ1n) is 3.88. The van der Waals surface area contributed by atoms with Gasteiger partial charge in [-0.05, 0) is 17.7 Å². The largest absolute Gasteiger partial charge is 0.438 e. The van der Waals surface area contributed by atoms with Crippen molar-refractivity contribution in [3.63, 3.8) is 0 Å². The minimum atomic E-state index is -0.176. The number of hydrogen-bond acceptors (Lipinski definition) is 3. The molecule has 1 N–H and O–H groups in total. The minimum Gasteiger partial charge on any atom is -0.438 e. The lowest BCUT2D eigenvalue weighted by molar-refractivity contribution is 0.244. The first-order chi connectivity index (χ1) is 6.33. The number of nitrogens with zero attached hydrogens (tertiary/aromatic N) is 1. The summed E-state index contributed by atoms with van der Waals surface area (Å²) >= 11 is 5.66. The molecule has 4 heteroatoms. The molecule has 0 saturated heterocycles. The predicted octanol–water partition coefficient (Wildman–Crippen LogP) is 2.06. The van der Waals surface area contributed by atoms with Gasteiger partial charge in [-0.1, -0.05) is 6.07 Å². The van der Waals surface area contributed by atoms with Gasteiger partial charge in [-0.25, -0.2) is 4.98 Å². The van der Waals surface area contributed by atoms with Crippen molar-refractivity contribution < 1.29 is 9.52 Å². The first kappa shape index (κ1) is 8.53. The number of halogens is 1. The van der Waals surface area contributed by atoms with Crippen LogP contribution in [0.3, 0.4) is 0 Å². The Labute approximate surface area is 80.0 Å². The third-order valence-corrected chi connectivity index (χ3v) is 2.09. The number of alkyl halides is 1. The number of rotatable bonds is 2. The zero-order chi connectivity index (χ0) is 9.26. The topological polar surface area (TPSA) is 46.3 Å². The first-order valence-corrected chi connectivity index (χ1v) is 4.42. The highest BCUT2D eigenvalue weighted by molar-refractivity contribution is 6.17. The number of oxazole rings is 1. The van der Waals surface area contributed by atoms with E-state index in [1.807, 2.05) is 12.1 Å². The van der Waals surface area contributed by atoms with Gasteiger partial charge in [0.2, 0.25) is 5.89 Å². The molecule has 1 heterocycles. The summed E-state index contributed by atoms with van der Waals surface area (Å²) in [6.07, 6.45) is 0. The molecule has 0 aliphatic rings. The molecule has 0 unspecified atom stereocenters. The fourth-order valence-electron chi connectivity index (χ4n) is 1.17. The van der Waals surface area contributed by atoms with E-state index in [2.05, 4.69) is 4.98 Å². The lowest BCUT2D eigenvalue weighted by atomic mass is 10.2. The molecule has 0 saturated carbocycles. The Balaban J connectivity index is 2.57. The Morgan fingerprint density at radius 1 is 1.46 bits per heavy atom. The highest BCUT2D eigenvalue weighted by Crippen LogP contribution is 2.17. The molecule has 13 heavy (non-hydrogen) atoms. The summed E-state index contributed by atoms with van der Waals surface area (Å²) in [7, 11) is 0. The molecule has 1 aromatic carbocycles. The predicted molar refractivity (Wildman–Crippen MR) is 49.5 cm³/mol. The van der Waals surface area contributed by atoms with E-state index in [9.17, 15) is 0 Å². The van der Waals surface area contributed by atoms with E-state index in [0.29, 0.717) is 17.4 Å². The van der Waals surface area contributed by atoms with E-state index in [1.165, 1.54) is 0 Å². The van der Waals surface area contributed by atoms with Crippen LogP contribution in [0.1, 0.15) is 11.5 Å². The lowest BCUT2D eigenvalue weighted by Gasteiger charge is -1.91. The Bertz CT molecular complexity index is 422. The van der Waals surface area contributed by atoms with Gasteiger partial charge in [-0.15, -0.1) is 11.6 Å². The van der Waals surface area contributed by atoms with Crippen molar-refractivity contribution in [3.05, 3.63) is 29.7 Å². The molecule has 0 bridgehead atoms. The zero-order valence-electron chi connectivity index (χ0n) is 6.83. The number of aromatic nitrogens is 1. The van der Waals surface area contributed by atoms with Crippen molar-refractivity contribution in [1.82, 2.24) is 4.98 Å². The van der Waals surface area contributed by atoms with Crippen LogP contribution in [0.15, 0.2) is 22.6 Å². The number of fused-ring (bicyclic) bond motifs is 1. The SMILES string of the molecule is OCc1nc2cc(CCl)ccc2o1. The number of hydrogen-bond donors (Lipinski definition) is 1. The molecule has 0 aliphatic heterocycles. The molecule has 0 amide bonds. The van der Waals surface area contributed by atoms with Gasteiger partial charge in [0.25, 0.3) is 0 Å². The van der Waals surface area contributed by atoms with Crippen LogP contribution in [0.5, 0.6) is 0 Å². The summed E-state index contributed by atoms with van der Waals surface area (Å²) < 4.78 is 5.21. The van der Waals surface area contributed by atoms with Crippen molar-refractivity contribution in [2.75, 3.05) is 0 Å². The molecule has 68 valence electrons. The summed E-state index contributed by atoms with van der Waals surface area (Å²) in [5.41, 5.74) is 2.41. The van der Waals surface area contributed by atoms with E-state index in [-0.39, 0.29) is 6.61 Å². The Morgan fingerprint density at radius 3 is 3.00 bits per heavy atom. The standard InChI is InChI=1S/C9H8ClNO2/c10-4-6-1-2-8-7(3-6)11-9(5-12)13-8/h1-3,12H,4-5H2. The summed E-state index contributed by atoms with van der Waals surface area (Å²) in [4.78, 5) is 4.06. The van der Waals surface area contributed by atoms with Crippen LogP contribution in [0.25, 0.3) is 11.1 Å². The number of aliphatic hydroxyl groups excluding tert-OH is 1. The van der Waals surface area contributed by atoms with Gasteiger partial charge in [0.1, 0.15) is 12.1 Å². The normalized spacial score (nSPS) is 10.9. The van der Waals surface area contributed by atoms with Crippen LogP contribution in [-0.4, -0.2) is 10.1 Å². The molecule has 0 atom stereocenters. The van der Waals surface area contributed by atoms with Gasteiger partial charge in [-0.3, -0.25) is 0 Å². The van der Waals surface area contributed by atoms with E-state index in [0.717, 1.165) is 11.1 Å². The third-order valence-electron chi connectivity index (χ3n) is 1.79. The van der Waals surface area contributed by atoms with E-state index in [1.54, 1.807) is 6.07 Å². The second-order valence-corrected chi connectivity index (χ2v) is 2.97. The van der Waals surface area contributed by atoms with Gasteiger partial charge in [-0.2, -0.15) is 0 Å². The molecule has 0 radical (unpaired) electrons. The van der Waals surface area contributed by atoms with Crippen LogP contribution in [0.2, 0.25) is 0 Å². The van der Waals surface area contributed by atoms with Crippen LogP contribution in [-0.2, 0) is 12.5 Å². The summed E-state index contributed by atoms with van der Waals surface area (Å²) in [5, 5.41) is 8.78. The number of benzene rings is 1. The van der Waals surface area contributed by atoms with Crippen molar-refractivity contribution in [1.29, 1.82) is 0 Å². The Morgan fingerprint density at radius 2 is 2.31 bits per heavy atom. The highest BCUT2D eigenvalue weighted by Gasteiger charge is 2.04. The average molecular weight is 198 g/mol. The van der Waals surface area contributed by atoms with Gasteiger partial charge in [0, 0.05) is 5.88 Å². The van der Waals surface area contributed by atoms with Crippen molar-refractivity contribution in [3.8, 4) is 0 Å². The van der Waals surface area contributed by atoms with Gasteiger partial charge >= 0.3 is 0 Å². The Hall–Kier alpha value is -1.06. The number of aliphatic hydroxyl groups is 1. The average Bonchev–Trinajstić information content (AvgIpc) is 2.58.